The van der Waals surface area contributed by atoms with Gasteiger partial charge in [0, 0.05) is 23.3 Å². The molecule has 0 spiro atoms. The zero-order chi connectivity index (χ0) is 16.8. The highest BCUT2D eigenvalue weighted by atomic mass is 35.5. The van der Waals surface area contributed by atoms with Gasteiger partial charge in [0.05, 0.1) is 12.2 Å². The number of anilines is 3. The SMILES string of the molecule is CC(=O)Nc1ccc(NC(=O)CNc2ccc(Cl)cc2F)cc1. The second kappa shape index (κ2) is 7.60. The van der Waals surface area contributed by atoms with E-state index >= 15 is 0 Å². The molecule has 0 atom stereocenters. The average molecular weight is 336 g/mol. The molecule has 0 aliphatic heterocycles. The summed E-state index contributed by atoms with van der Waals surface area (Å²) in [4.78, 5) is 22.8. The van der Waals surface area contributed by atoms with Crippen LogP contribution in [0.4, 0.5) is 21.5 Å². The molecule has 0 radical (unpaired) electrons. The second-order valence-electron chi connectivity index (χ2n) is 4.78. The van der Waals surface area contributed by atoms with Crippen molar-refractivity contribution in [3.05, 3.63) is 53.3 Å². The third kappa shape index (κ3) is 5.27. The lowest BCUT2D eigenvalue weighted by Crippen LogP contribution is -2.22. The number of carbonyl (C=O) groups excluding carboxylic acids is 2. The van der Waals surface area contributed by atoms with E-state index in [0.717, 1.165) is 0 Å². The van der Waals surface area contributed by atoms with Crippen LogP contribution in [0.1, 0.15) is 6.92 Å². The number of carbonyl (C=O) groups is 2. The maximum absolute atomic E-state index is 13.6. The summed E-state index contributed by atoms with van der Waals surface area (Å²) in [5.41, 5.74) is 1.41. The monoisotopic (exact) mass is 335 g/mol. The standard InChI is InChI=1S/C16H15ClFN3O2/c1-10(22)20-12-3-5-13(6-4-12)21-16(23)9-19-15-7-2-11(17)8-14(15)18/h2-8,19H,9H2,1H3,(H,20,22)(H,21,23). The molecule has 5 nitrogen and oxygen atoms in total. The van der Waals surface area contributed by atoms with Crippen molar-refractivity contribution < 1.29 is 14.0 Å². The van der Waals surface area contributed by atoms with E-state index in [4.69, 9.17) is 11.6 Å². The van der Waals surface area contributed by atoms with Crippen molar-refractivity contribution in [2.75, 3.05) is 22.5 Å². The smallest absolute Gasteiger partial charge is 0.243 e. The third-order valence-corrected chi connectivity index (χ3v) is 3.09. The molecule has 3 N–H and O–H groups in total. The van der Waals surface area contributed by atoms with Crippen LogP contribution in [0, 0.1) is 5.82 Å². The van der Waals surface area contributed by atoms with Crippen molar-refractivity contribution in [3.8, 4) is 0 Å². The summed E-state index contributed by atoms with van der Waals surface area (Å²) in [6, 6.07) is 10.8. The highest BCUT2D eigenvalue weighted by Crippen LogP contribution is 2.18. The van der Waals surface area contributed by atoms with Crippen LogP contribution in [-0.2, 0) is 9.59 Å². The fourth-order valence-electron chi connectivity index (χ4n) is 1.85. The third-order valence-electron chi connectivity index (χ3n) is 2.86. The highest BCUT2D eigenvalue weighted by Gasteiger charge is 2.06. The molecule has 0 heterocycles. The van der Waals surface area contributed by atoms with E-state index in [2.05, 4.69) is 16.0 Å². The van der Waals surface area contributed by atoms with Crippen molar-refractivity contribution in [1.29, 1.82) is 0 Å². The normalized spacial score (nSPS) is 10.0. The number of nitrogens with one attached hydrogen (secondary N) is 3. The molecule has 0 aliphatic carbocycles. The van der Waals surface area contributed by atoms with E-state index in [1.165, 1.54) is 25.1 Å². The van der Waals surface area contributed by atoms with Gasteiger partial charge in [-0.2, -0.15) is 0 Å². The first-order valence-corrected chi connectivity index (χ1v) is 7.18. The first kappa shape index (κ1) is 16.8. The summed E-state index contributed by atoms with van der Waals surface area (Å²) < 4.78 is 13.6. The van der Waals surface area contributed by atoms with Gasteiger partial charge in [-0.1, -0.05) is 11.6 Å². The molecular formula is C16H15ClFN3O2. The van der Waals surface area contributed by atoms with Gasteiger partial charge in [-0.25, -0.2) is 4.39 Å². The quantitative estimate of drug-likeness (QED) is 0.783. The fourth-order valence-corrected chi connectivity index (χ4v) is 2.01. The van der Waals surface area contributed by atoms with Gasteiger partial charge in [-0.05, 0) is 42.5 Å². The van der Waals surface area contributed by atoms with Gasteiger partial charge < -0.3 is 16.0 Å². The van der Waals surface area contributed by atoms with Crippen molar-refractivity contribution in [2.24, 2.45) is 0 Å². The van der Waals surface area contributed by atoms with Crippen LogP contribution >= 0.6 is 11.6 Å². The summed E-state index contributed by atoms with van der Waals surface area (Å²) in [6.45, 7) is 1.32. The lowest BCUT2D eigenvalue weighted by Gasteiger charge is -2.09. The van der Waals surface area contributed by atoms with Crippen molar-refractivity contribution in [3.63, 3.8) is 0 Å². The molecule has 0 aliphatic rings. The molecule has 0 saturated carbocycles. The molecule has 0 bridgehead atoms. The molecule has 120 valence electrons. The van der Waals surface area contributed by atoms with Gasteiger partial charge in [-0.15, -0.1) is 0 Å². The van der Waals surface area contributed by atoms with Gasteiger partial charge in [-0.3, -0.25) is 9.59 Å². The molecule has 0 fully saturated rings. The summed E-state index contributed by atoms with van der Waals surface area (Å²) in [6.07, 6.45) is 0. The Bertz CT molecular complexity index is 720. The number of halogens is 2. The van der Waals surface area contributed by atoms with Crippen LogP contribution in [0.2, 0.25) is 5.02 Å². The van der Waals surface area contributed by atoms with Crippen LogP contribution < -0.4 is 16.0 Å². The summed E-state index contributed by atoms with van der Waals surface area (Å²) in [7, 11) is 0. The zero-order valence-electron chi connectivity index (χ0n) is 12.3. The first-order valence-electron chi connectivity index (χ1n) is 6.80. The first-order chi connectivity index (χ1) is 10.9. The van der Waals surface area contributed by atoms with Crippen LogP contribution in [-0.4, -0.2) is 18.4 Å². The number of rotatable bonds is 5. The predicted molar refractivity (Wildman–Crippen MR) is 89.3 cm³/mol. The molecule has 2 amide bonds. The molecule has 0 saturated heterocycles. The molecule has 2 aromatic rings. The van der Waals surface area contributed by atoms with Crippen molar-refractivity contribution in [1.82, 2.24) is 0 Å². The Hall–Kier alpha value is -2.60. The summed E-state index contributed by atoms with van der Waals surface area (Å²) in [5.74, 6) is -1.02. The Morgan fingerprint density at radius 1 is 1.04 bits per heavy atom. The lowest BCUT2D eigenvalue weighted by atomic mass is 10.2. The Kier molecular flexibility index (Phi) is 5.54. The minimum absolute atomic E-state index is 0.0913. The number of hydrogen-bond acceptors (Lipinski definition) is 3. The predicted octanol–water partition coefficient (Wildman–Crippen LogP) is 3.49. The molecule has 0 aromatic heterocycles. The maximum atomic E-state index is 13.6. The van der Waals surface area contributed by atoms with E-state index in [9.17, 15) is 14.0 Å². The molecule has 0 unspecified atom stereocenters. The number of benzene rings is 2. The van der Waals surface area contributed by atoms with Gasteiger partial charge in [0.1, 0.15) is 5.82 Å². The minimum Gasteiger partial charge on any atom is -0.374 e. The van der Waals surface area contributed by atoms with Crippen LogP contribution in [0.5, 0.6) is 0 Å². The van der Waals surface area contributed by atoms with E-state index in [-0.39, 0.29) is 29.1 Å². The Morgan fingerprint density at radius 2 is 1.65 bits per heavy atom. The van der Waals surface area contributed by atoms with Crippen LogP contribution in [0.15, 0.2) is 42.5 Å². The lowest BCUT2D eigenvalue weighted by molar-refractivity contribution is -0.115. The van der Waals surface area contributed by atoms with E-state index in [1.807, 2.05) is 0 Å². The second-order valence-corrected chi connectivity index (χ2v) is 5.22. The van der Waals surface area contributed by atoms with Crippen LogP contribution in [0.25, 0.3) is 0 Å². The van der Waals surface area contributed by atoms with Crippen molar-refractivity contribution in [2.45, 2.75) is 6.92 Å². The van der Waals surface area contributed by atoms with Gasteiger partial charge in [0.2, 0.25) is 11.8 Å². The topological polar surface area (TPSA) is 70.2 Å². The van der Waals surface area contributed by atoms with E-state index < -0.39 is 5.82 Å². The zero-order valence-corrected chi connectivity index (χ0v) is 13.1. The fraction of sp³-hybridized carbons (Fsp3) is 0.125. The molecule has 23 heavy (non-hydrogen) atoms. The van der Waals surface area contributed by atoms with E-state index in [0.29, 0.717) is 11.4 Å². The average Bonchev–Trinajstić information content (AvgIpc) is 2.48. The van der Waals surface area contributed by atoms with Gasteiger partial charge in [0.15, 0.2) is 0 Å². The largest absolute Gasteiger partial charge is 0.374 e. The van der Waals surface area contributed by atoms with Gasteiger partial charge >= 0.3 is 0 Å². The molecular weight excluding hydrogens is 321 g/mol. The molecule has 2 rings (SSSR count). The van der Waals surface area contributed by atoms with Crippen molar-refractivity contribution >= 4 is 40.5 Å². The Labute approximate surface area is 137 Å². The number of hydrogen-bond donors (Lipinski definition) is 3. The van der Waals surface area contributed by atoms with E-state index in [1.54, 1.807) is 24.3 Å². The van der Waals surface area contributed by atoms with Crippen LogP contribution in [0.3, 0.4) is 0 Å². The molecule has 7 heteroatoms. The maximum Gasteiger partial charge on any atom is 0.243 e. The summed E-state index contributed by atoms with van der Waals surface area (Å²) in [5, 5.41) is 8.27. The highest BCUT2D eigenvalue weighted by molar-refractivity contribution is 6.30. The summed E-state index contributed by atoms with van der Waals surface area (Å²) >= 11 is 5.66. The minimum atomic E-state index is -0.523. The Morgan fingerprint density at radius 3 is 2.22 bits per heavy atom. The van der Waals surface area contributed by atoms with Gasteiger partial charge in [0.25, 0.3) is 0 Å². The Balaban J connectivity index is 1.88. The molecule has 2 aromatic carbocycles. The number of amides is 2.